The summed E-state index contributed by atoms with van der Waals surface area (Å²) in [4.78, 5) is 30.4. The van der Waals surface area contributed by atoms with Gasteiger partial charge in [0, 0.05) is 41.3 Å². The van der Waals surface area contributed by atoms with Crippen molar-refractivity contribution in [2.45, 2.75) is 32.4 Å². The molecule has 0 fully saturated rings. The highest BCUT2D eigenvalue weighted by Gasteiger charge is 2.12. The molecule has 0 aromatic carbocycles. The topological polar surface area (TPSA) is 93.7 Å². The van der Waals surface area contributed by atoms with Crippen LogP contribution < -0.4 is 9.80 Å². The molecule has 0 amide bonds. The van der Waals surface area contributed by atoms with Crippen molar-refractivity contribution in [3.05, 3.63) is 25.3 Å². The molecule has 0 aliphatic rings. The van der Waals surface area contributed by atoms with Crippen LogP contribution in [0.2, 0.25) is 0 Å². The van der Waals surface area contributed by atoms with Gasteiger partial charge in [0.15, 0.2) is 34.0 Å². The minimum Gasteiger partial charge on any atom is -0.361 e. The standard InChI is InChI=1S/C19H26N10/c1-26(2)16-14-18(22-10-20-16)28(12-24-14)8-6-5-7-9-29-13-25-15-17(27(3)4)21-11-23-19(15)29/h10-13H,5-9H2,1-4H3. The Morgan fingerprint density at radius 1 is 0.621 bits per heavy atom. The van der Waals surface area contributed by atoms with Gasteiger partial charge in [0.2, 0.25) is 0 Å². The van der Waals surface area contributed by atoms with Gasteiger partial charge in [-0.05, 0) is 19.3 Å². The van der Waals surface area contributed by atoms with Crippen molar-refractivity contribution in [1.29, 1.82) is 0 Å². The highest BCUT2D eigenvalue weighted by molar-refractivity contribution is 5.83. The summed E-state index contributed by atoms with van der Waals surface area (Å²) in [5.41, 5.74) is 3.46. The minimum atomic E-state index is 0.846. The van der Waals surface area contributed by atoms with Crippen LogP contribution >= 0.6 is 0 Å². The number of aryl methyl sites for hydroxylation is 2. The average molecular weight is 394 g/mol. The normalized spacial score (nSPS) is 11.4. The Labute approximate surface area is 169 Å². The number of aromatic nitrogens is 8. The predicted octanol–water partition coefficient (Wildman–Crippen LogP) is 1.97. The van der Waals surface area contributed by atoms with E-state index in [-0.39, 0.29) is 0 Å². The fourth-order valence-electron chi connectivity index (χ4n) is 3.46. The van der Waals surface area contributed by atoms with Crippen molar-refractivity contribution in [2.75, 3.05) is 38.0 Å². The van der Waals surface area contributed by atoms with E-state index in [4.69, 9.17) is 0 Å². The largest absolute Gasteiger partial charge is 0.361 e. The number of nitrogens with zero attached hydrogens (tertiary/aromatic N) is 10. The summed E-state index contributed by atoms with van der Waals surface area (Å²) in [7, 11) is 7.86. The SMILES string of the molecule is CN(C)c1ncnc2c1ncn2CCCCCn1cnc2c(N(C)C)ncnc21. The van der Waals surface area contributed by atoms with Crippen LogP contribution in [0.5, 0.6) is 0 Å². The van der Waals surface area contributed by atoms with Crippen LogP contribution in [0, 0.1) is 0 Å². The Morgan fingerprint density at radius 3 is 1.48 bits per heavy atom. The summed E-state index contributed by atoms with van der Waals surface area (Å²) in [6.07, 6.45) is 10.1. The Morgan fingerprint density at radius 2 is 1.07 bits per heavy atom. The van der Waals surface area contributed by atoms with E-state index in [1.807, 2.05) is 50.6 Å². The van der Waals surface area contributed by atoms with E-state index in [9.17, 15) is 0 Å². The third-order valence-electron chi connectivity index (χ3n) is 4.91. The van der Waals surface area contributed by atoms with Crippen LogP contribution in [-0.2, 0) is 13.1 Å². The molecule has 0 spiro atoms. The van der Waals surface area contributed by atoms with Crippen molar-refractivity contribution in [2.24, 2.45) is 0 Å². The molecule has 4 rings (SSSR count). The van der Waals surface area contributed by atoms with Gasteiger partial charge in [-0.25, -0.2) is 29.9 Å². The van der Waals surface area contributed by atoms with Crippen LogP contribution in [0.4, 0.5) is 11.6 Å². The summed E-state index contributed by atoms with van der Waals surface area (Å²) >= 11 is 0. The zero-order valence-corrected chi connectivity index (χ0v) is 17.3. The lowest BCUT2D eigenvalue weighted by atomic mass is 10.2. The van der Waals surface area contributed by atoms with Crippen molar-refractivity contribution < 1.29 is 0 Å². The van der Waals surface area contributed by atoms with E-state index in [1.54, 1.807) is 12.7 Å². The van der Waals surface area contributed by atoms with Crippen molar-refractivity contribution in [3.8, 4) is 0 Å². The van der Waals surface area contributed by atoms with E-state index < -0.39 is 0 Å². The molecule has 4 aromatic rings. The summed E-state index contributed by atoms with van der Waals surface area (Å²) in [6, 6.07) is 0. The van der Waals surface area contributed by atoms with Gasteiger partial charge in [-0.3, -0.25) is 0 Å². The highest BCUT2D eigenvalue weighted by atomic mass is 15.2. The van der Waals surface area contributed by atoms with E-state index in [0.29, 0.717) is 0 Å². The number of imidazole rings is 2. The smallest absolute Gasteiger partial charge is 0.165 e. The lowest BCUT2D eigenvalue weighted by Crippen LogP contribution is -2.11. The second kappa shape index (κ2) is 7.98. The van der Waals surface area contributed by atoms with E-state index in [2.05, 4.69) is 39.0 Å². The third-order valence-corrected chi connectivity index (χ3v) is 4.91. The van der Waals surface area contributed by atoms with Crippen LogP contribution in [0.15, 0.2) is 25.3 Å². The van der Waals surface area contributed by atoms with Gasteiger partial charge in [0.05, 0.1) is 12.7 Å². The second-order valence-corrected chi connectivity index (χ2v) is 7.46. The summed E-state index contributed by atoms with van der Waals surface area (Å²) in [6.45, 7) is 1.77. The number of rotatable bonds is 8. The minimum absolute atomic E-state index is 0.846. The number of unbranched alkanes of at least 4 members (excludes halogenated alkanes) is 2. The van der Waals surface area contributed by atoms with Gasteiger partial charge in [0.1, 0.15) is 12.7 Å². The monoisotopic (exact) mass is 394 g/mol. The van der Waals surface area contributed by atoms with Crippen LogP contribution in [0.1, 0.15) is 19.3 Å². The molecule has 0 N–H and O–H groups in total. The molecular weight excluding hydrogens is 368 g/mol. The molecule has 0 saturated heterocycles. The fraction of sp³-hybridized carbons (Fsp3) is 0.474. The maximum absolute atomic E-state index is 4.50. The van der Waals surface area contributed by atoms with Crippen LogP contribution in [0.3, 0.4) is 0 Å². The zero-order valence-electron chi connectivity index (χ0n) is 17.3. The molecule has 29 heavy (non-hydrogen) atoms. The summed E-state index contributed by atoms with van der Waals surface area (Å²) < 4.78 is 4.21. The summed E-state index contributed by atoms with van der Waals surface area (Å²) in [5.74, 6) is 1.69. The van der Waals surface area contributed by atoms with Gasteiger partial charge >= 0.3 is 0 Å². The molecule has 0 aliphatic heterocycles. The van der Waals surface area contributed by atoms with Crippen molar-refractivity contribution in [3.63, 3.8) is 0 Å². The number of hydrogen-bond donors (Lipinski definition) is 0. The van der Waals surface area contributed by atoms with E-state index >= 15 is 0 Å². The number of hydrogen-bond acceptors (Lipinski definition) is 8. The molecule has 152 valence electrons. The lowest BCUT2D eigenvalue weighted by Gasteiger charge is -2.11. The molecule has 0 radical (unpaired) electrons. The molecular formula is C19H26N10. The fourth-order valence-corrected chi connectivity index (χ4v) is 3.46. The van der Waals surface area contributed by atoms with Crippen LogP contribution in [-0.4, -0.2) is 67.2 Å². The third kappa shape index (κ3) is 3.69. The van der Waals surface area contributed by atoms with Gasteiger partial charge in [-0.2, -0.15) is 0 Å². The van der Waals surface area contributed by atoms with Crippen molar-refractivity contribution >= 4 is 34.0 Å². The molecule has 0 unspecified atom stereocenters. The molecule has 10 nitrogen and oxygen atoms in total. The number of fused-ring (bicyclic) bond motifs is 2. The molecule has 0 saturated carbocycles. The highest BCUT2D eigenvalue weighted by Crippen LogP contribution is 2.21. The lowest BCUT2D eigenvalue weighted by molar-refractivity contribution is 0.553. The van der Waals surface area contributed by atoms with Gasteiger partial charge in [0.25, 0.3) is 0 Å². The Kier molecular flexibility index (Phi) is 5.24. The maximum Gasteiger partial charge on any atom is 0.165 e. The van der Waals surface area contributed by atoms with Gasteiger partial charge in [-0.15, -0.1) is 0 Å². The van der Waals surface area contributed by atoms with Crippen molar-refractivity contribution in [1.82, 2.24) is 39.0 Å². The first-order valence-electron chi connectivity index (χ1n) is 9.72. The first-order chi connectivity index (χ1) is 14.1. The Balaban J connectivity index is 1.35. The quantitative estimate of drug-likeness (QED) is 0.419. The Hall–Kier alpha value is -3.30. The summed E-state index contributed by atoms with van der Waals surface area (Å²) in [5, 5.41) is 0. The maximum atomic E-state index is 4.50. The van der Waals surface area contributed by atoms with E-state index in [0.717, 1.165) is 66.3 Å². The Bertz CT molecular complexity index is 1020. The molecule has 0 aliphatic carbocycles. The molecule has 0 bridgehead atoms. The van der Waals surface area contributed by atoms with Gasteiger partial charge in [-0.1, -0.05) is 0 Å². The molecule has 4 aromatic heterocycles. The molecule has 10 heteroatoms. The zero-order chi connectivity index (χ0) is 20.4. The molecule has 4 heterocycles. The average Bonchev–Trinajstić information content (AvgIpc) is 3.31. The van der Waals surface area contributed by atoms with Crippen LogP contribution in [0.25, 0.3) is 22.3 Å². The predicted molar refractivity (Wildman–Crippen MR) is 113 cm³/mol. The second-order valence-electron chi connectivity index (χ2n) is 7.46. The van der Waals surface area contributed by atoms with E-state index in [1.165, 1.54) is 0 Å². The van der Waals surface area contributed by atoms with Gasteiger partial charge < -0.3 is 18.9 Å². The first kappa shape index (κ1) is 19.0. The number of anilines is 2. The molecule has 0 atom stereocenters. The first-order valence-corrected chi connectivity index (χ1v) is 9.72.